The normalized spacial score (nSPS) is 10.7. The van der Waals surface area contributed by atoms with Crippen molar-refractivity contribution in [2.24, 2.45) is 0 Å². The Morgan fingerprint density at radius 1 is 1.24 bits per heavy atom. The summed E-state index contributed by atoms with van der Waals surface area (Å²) in [5.41, 5.74) is 10.8. The van der Waals surface area contributed by atoms with E-state index in [0.29, 0.717) is 17.0 Å². The molecule has 0 saturated heterocycles. The zero-order valence-electron chi connectivity index (χ0n) is 14.0. The number of aryl methyl sites for hydroxylation is 1. The van der Waals surface area contributed by atoms with Crippen LogP contribution in [0.3, 0.4) is 0 Å². The molecule has 2 aromatic carbocycles. The fourth-order valence-corrected chi connectivity index (χ4v) is 2.74. The van der Waals surface area contributed by atoms with Gasteiger partial charge in [0.2, 0.25) is 0 Å². The van der Waals surface area contributed by atoms with E-state index in [9.17, 15) is 4.79 Å². The Balaban J connectivity index is 2.01. The number of carbonyl (C=O) groups is 1. The van der Waals surface area contributed by atoms with Crippen molar-refractivity contribution in [3.05, 3.63) is 59.8 Å². The Hall–Kier alpha value is -2.79. The van der Waals surface area contributed by atoms with E-state index in [1.54, 1.807) is 4.68 Å². The van der Waals surface area contributed by atoms with E-state index in [1.807, 2.05) is 62.5 Å². The Labute approximate surface area is 151 Å². The minimum Gasteiger partial charge on any atom is -0.425 e. The minimum absolute atomic E-state index is 0.206. The van der Waals surface area contributed by atoms with Crippen LogP contribution >= 0.6 is 11.6 Å². The molecule has 0 fully saturated rings. The minimum atomic E-state index is -0.506. The molecule has 0 saturated carbocycles. The molecule has 0 aliphatic heterocycles. The van der Waals surface area contributed by atoms with Crippen LogP contribution < -0.4 is 10.5 Å². The number of anilines is 1. The number of aromatic nitrogens is 2. The molecule has 1 heterocycles. The van der Waals surface area contributed by atoms with E-state index in [2.05, 4.69) is 5.10 Å². The molecule has 0 aliphatic carbocycles. The quantitative estimate of drug-likeness (QED) is 0.333. The largest absolute Gasteiger partial charge is 0.425 e. The van der Waals surface area contributed by atoms with Crippen molar-refractivity contribution < 1.29 is 9.53 Å². The number of carbonyl (C=O) groups excluding carboxylic acids is 1. The molecular weight excluding hydrogens is 338 g/mol. The Morgan fingerprint density at radius 2 is 1.96 bits per heavy atom. The SMILES string of the molecule is Cc1cc(-c2ccn(-c3ccccc3)n2)c(N)c(C)c1OC(=O)CCl. The highest BCUT2D eigenvalue weighted by atomic mass is 35.5. The lowest BCUT2D eigenvalue weighted by Gasteiger charge is -2.15. The van der Waals surface area contributed by atoms with Crippen molar-refractivity contribution in [2.75, 3.05) is 11.6 Å². The highest BCUT2D eigenvalue weighted by Crippen LogP contribution is 2.36. The number of nitrogens with zero attached hydrogens (tertiary/aromatic N) is 2. The fourth-order valence-electron chi connectivity index (χ4n) is 2.68. The maximum Gasteiger partial charge on any atom is 0.326 e. The summed E-state index contributed by atoms with van der Waals surface area (Å²) in [5, 5.41) is 4.61. The van der Waals surface area contributed by atoms with Gasteiger partial charge in [-0.1, -0.05) is 18.2 Å². The van der Waals surface area contributed by atoms with Crippen LogP contribution in [0.1, 0.15) is 11.1 Å². The molecule has 5 nitrogen and oxygen atoms in total. The number of rotatable bonds is 4. The summed E-state index contributed by atoms with van der Waals surface area (Å²) in [6, 6.07) is 13.6. The summed E-state index contributed by atoms with van der Waals surface area (Å²) in [7, 11) is 0. The van der Waals surface area contributed by atoms with Gasteiger partial charge in [0.25, 0.3) is 0 Å². The standard InChI is InChI=1S/C19H18ClN3O2/c1-12-10-15(18(21)13(2)19(12)25-17(24)11-20)16-8-9-23(22-16)14-6-4-3-5-7-14/h3-10H,11,21H2,1-2H3. The summed E-state index contributed by atoms with van der Waals surface area (Å²) in [4.78, 5) is 11.5. The first kappa shape index (κ1) is 17.0. The molecular formula is C19H18ClN3O2. The number of ether oxygens (including phenoxy) is 1. The molecule has 3 rings (SSSR count). The number of nitrogen functional groups attached to an aromatic ring is 1. The van der Waals surface area contributed by atoms with Gasteiger partial charge in [-0.15, -0.1) is 11.6 Å². The van der Waals surface area contributed by atoms with Gasteiger partial charge in [-0.25, -0.2) is 4.68 Å². The van der Waals surface area contributed by atoms with E-state index in [1.165, 1.54) is 0 Å². The zero-order chi connectivity index (χ0) is 18.0. The first-order valence-corrected chi connectivity index (χ1v) is 8.32. The molecule has 6 heteroatoms. The van der Waals surface area contributed by atoms with Gasteiger partial charge >= 0.3 is 5.97 Å². The summed E-state index contributed by atoms with van der Waals surface area (Å²) >= 11 is 5.52. The summed E-state index contributed by atoms with van der Waals surface area (Å²) in [6.45, 7) is 3.68. The van der Waals surface area contributed by atoms with Crippen LogP contribution in [-0.2, 0) is 4.79 Å². The van der Waals surface area contributed by atoms with Gasteiger partial charge in [0.1, 0.15) is 11.6 Å². The van der Waals surface area contributed by atoms with Crippen molar-refractivity contribution in [1.29, 1.82) is 0 Å². The van der Waals surface area contributed by atoms with Crippen LogP contribution in [0, 0.1) is 13.8 Å². The van der Waals surface area contributed by atoms with Gasteiger partial charge in [0.05, 0.1) is 11.4 Å². The predicted octanol–water partition coefficient (Wildman–Crippen LogP) is 3.88. The lowest BCUT2D eigenvalue weighted by Crippen LogP contribution is -2.12. The van der Waals surface area contributed by atoms with Crippen molar-refractivity contribution in [1.82, 2.24) is 9.78 Å². The van der Waals surface area contributed by atoms with Gasteiger partial charge in [0, 0.05) is 23.0 Å². The Bertz CT molecular complexity index is 920. The van der Waals surface area contributed by atoms with Crippen LogP contribution in [-0.4, -0.2) is 21.6 Å². The molecule has 0 amide bonds. The second kappa shape index (κ2) is 6.99. The number of hydrogen-bond acceptors (Lipinski definition) is 4. The van der Waals surface area contributed by atoms with Crippen LogP contribution in [0.25, 0.3) is 16.9 Å². The molecule has 1 aromatic heterocycles. The number of nitrogens with two attached hydrogens (primary N) is 1. The molecule has 128 valence electrons. The second-order valence-corrected chi connectivity index (χ2v) is 5.96. The number of alkyl halides is 1. The Kier molecular flexibility index (Phi) is 4.76. The van der Waals surface area contributed by atoms with Gasteiger partial charge in [-0.3, -0.25) is 4.79 Å². The highest BCUT2D eigenvalue weighted by molar-refractivity contribution is 6.26. The third-order valence-corrected chi connectivity index (χ3v) is 4.18. The predicted molar refractivity (Wildman–Crippen MR) is 99.2 cm³/mol. The molecule has 3 aromatic rings. The van der Waals surface area contributed by atoms with Crippen molar-refractivity contribution in [3.8, 4) is 22.7 Å². The molecule has 0 spiro atoms. The lowest BCUT2D eigenvalue weighted by atomic mass is 10.0. The van der Waals surface area contributed by atoms with Crippen molar-refractivity contribution >= 4 is 23.3 Å². The summed E-state index contributed by atoms with van der Waals surface area (Å²) in [6.07, 6.45) is 1.89. The Morgan fingerprint density at radius 3 is 2.64 bits per heavy atom. The van der Waals surface area contributed by atoms with Crippen LogP contribution in [0.2, 0.25) is 0 Å². The lowest BCUT2D eigenvalue weighted by molar-refractivity contribution is -0.131. The van der Waals surface area contributed by atoms with Gasteiger partial charge in [-0.05, 0) is 43.7 Å². The van der Waals surface area contributed by atoms with E-state index in [0.717, 1.165) is 22.5 Å². The second-order valence-electron chi connectivity index (χ2n) is 5.70. The fraction of sp³-hybridized carbons (Fsp3) is 0.158. The first-order valence-electron chi connectivity index (χ1n) is 7.79. The van der Waals surface area contributed by atoms with E-state index >= 15 is 0 Å². The molecule has 25 heavy (non-hydrogen) atoms. The number of benzene rings is 2. The molecule has 0 radical (unpaired) electrons. The molecule has 0 unspecified atom stereocenters. The number of para-hydroxylation sites is 1. The van der Waals surface area contributed by atoms with Crippen LogP contribution in [0.5, 0.6) is 5.75 Å². The molecule has 0 bridgehead atoms. The zero-order valence-corrected chi connectivity index (χ0v) is 14.7. The van der Waals surface area contributed by atoms with E-state index < -0.39 is 5.97 Å². The van der Waals surface area contributed by atoms with Crippen molar-refractivity contribution in [3.63, 3.8) is 0 Å². The van der Waals surface area contributed by atoms with Crippen molar-refractivity contribution in [2.45, 2.75) is 13.8 Å². The average Bonchev–Trinajstić information content (AvgIpc) is 3.12. The maximum absolute atomic E-state index is 11.5. The summed E-state index contributed by atoms with van der Waals surface area (Å²) < 4.78 is 7.09. The average molecular weight is 356 g/mol. The third kappa shape index (κ3) is 3.37. The van der Waals surface area contributed by atoms with E-state index in [-0.39, 0.29) is 5.88 Å². The highest BCUT2D eigenvalue weighted by Gasteiger charge is 2.17. The number of esters is 1. The first-order chi connectivity index (χ1) is 12.0. The van der Waals surface area contributed by atoms with E-state index in [4.69, 9.17) is 22.1 Å². The summed E-state index contributed by atoms with van der Waals surface area (Å²) in [5.74, 6) is -0.259. The number of halogens is 1. The molecule has 0 aliphatic rings. The monoisotopic (exact) mass is 355 g/mol. The van der Waals surface area contributed by atoms with Gasteiger partial charge in [0.15, 0.2) is 0 Å². The van der Waals surface area contributed by atoms with Gasteiger partial charge in [-0.2, -0.15) is 5.10 Å². The van der Waals surface area contributed by atoms with Crippen LogP contribution in [0.15, 0.2) is 48.7 Å². The topological polar surface area (TPSA) is 70.1 Å². The maximum atomic E-state index is 11.5. The molecule has 2 N–H and O–H groups in total. The van der Waals surface area contributed by atoms with Gasteiger partial charge < -0.3 is 10.5 Å². The number of hydrogen-bond donors (Lipinski definition) is 1. The smallest absolute Gasteiger partial charge is 0.326 e. The third-order valence-electron chi connectivity index (χ3n) is 3.96. The molecule has 0 atom stereocenters. The van der Waals surface area contributed by atoms with Crippen LogP contribution in [0.4, 0.5) is 5.69 Å².